The molecular weight excluding hydrogens is 287 g/mol. The highest BCUT2D eigenvalue weighted by Crippen LogP contribution is 2.19. The first-order valence-electron chi connectivity index (χ1n) is 5.36. The smallest absolute Gasteiger partial charge is 0.223 e. The SMILES string of the molecule is CN(C)C(=O)CCNCc1cccc(F)c1Br. The Morgan fingerprint density at radius 2 is 2.18 bits per heavy atom. The van der Waals surface area contributed by atoms with Crippen LogP contribution in [0.25, 0.3) is 0 Å². The van der Waals surface area contributed by atoms with Crippen LogP contribution in [0, 0.1) is 5.82 Å². The molecule has 0 aliphatic heterocycles. The number of carbonyl (C=O) groups excluding carboxylic acids is 1. The van der Waals surface area contributed by atoms with E-state index in [1.165, 1.54) is 6.07 Å². The fourth-order valence-electron chi connectivity index (χ4n) is 1.33. The Hall–Kier alpha value is -0.940. The van der Waals surface area contributed by atoms with Crippen molar-refractivity contribution in [3.05, 3.63) is 34.1 Å². The first kappa shape index (κ1) is 14.1. The number of halogens is 2. The van der Waals surface area contributed by atoms with Crippen molar-refractivity contribution in [1.82, 2.24) is 10.2 Å². The lowest BCUT2D eigenvalue weighted by molar-refractivity contribution is -0.128. The lowest BCUT2D eigenvalue weighted by Crippen LogP contribution is -2.26. The van der Waals surface area contributed by atoms with Crippen LogP contribution in [0.4, 0.5) is 4.39 Å². The quantitative estimate of drug-likeness (QED) is 0.846. The van der Waals surface area contributed by atoms with Crippen LogP contribution in [-0.2, 0) is 11.3 Å². The number of amides is 1. The minimum absolute atomic E-state index is 0.0795. The molecule has 1 N–H and O–H groups in total. The molecule has 94 valence electrons. The van der Waals surface area contributed by atoms with Gasteiger partial charge in [0.1, 0.15) is 5.82 Å². The molecule has 1 aromatic carbocycles. The molecule has 0 saturated heterocycles. The summed E-state index contributed by atoms with van der Waals surface area (Å²) >= 11 is 3.19. The van der Waals surface area contributed by atoms with Crippen LogP contribution in [0.5, 0.6) is 0 Å². The Morgan fingerprint density at radius 3 is 2.82 bits per heavy atom. The fraction of sp³-hybridized carbons (Fsp3) is 0.417. The van der Waals surface area contributed by atoms with Crippen LogP contribution >= 0.6 is 15.9 Å². The summed E-state index contributed by atoms with van der Waals surface area (Å²) in [7, 11) is 3.46. The Kier molecular flexibility index (Phi) is 5.58. The molecule has 0 aliphatic carbocycles. The van der Waals surface area contributed by atoms with Crippen LogP contribution in [-0.4, -0.2) is 31.4 Å². The summed E-state index contributed by atoms with van der Waals surface area (Å²) in [6.07, 6.45) is 0.444. The van der Waals surface area contributed by atoms with Crippen LogP contribution in [0.2, 0.25) is 0 Å². The van der Waals surface area contributed by atoms with E-state index in [0.717, 1.165) is 5.56 Å². The molecule has 0 spiro atoms. The lowest BCUT2D eigenvalue weighted by atomic mass is 10.2. The van der Waals surface area contributed by atoms with E-state index in [1.54, 1.807) is 25.1 Å². The molecule has 1 amide bonds. The predicted molar refractivity (Wildman–Crippen MR) is 69.1 cm³/mol. The van der Waals surface area contributed by atoms with Crippen molar-refractivity contribution in [1.29, 1.82) is 0 Å². The second-order valence-electron chi connectivity index (χ2n) is 3.93. The average Bonchev–Trinajstić information content (AvgIpc) is 2.29. The number of benzene rings is 1. The summed E-state index contributed by atoms with van der Waals surface area (Å²) < 4.78 is 13.7. The van der Waals surface area contributed by atoms with Crippen molar-refractivity contribution in [2.75, 3.05) is 20.6 Å². The fourth-order valence-corrected chi connectivity index (χ4v) is 1.73. The number of carbonyl (C=O) groups is 1. The Labute approximate surface area is 109 Å². The van der Waals surface area contributed by atoms with Crippen LogP contribution < -0.4 is 5.32 Å². The first-order chi connectivity index (χ1) is 8.02. The molecule has 0 unspecified atom stereocenters. The van der Waals surface area contributed by atoms with E-state index in [0.29, 0.717) is 24.0 Å². The summed E-state index contributed by atoms with van der Waals surface area (Å²) in [5.74, 6) is -0.190. The Balaban J connectivity index is 2.36. The van der Waals surface area contributed by atoms with Gasteiger partial charge in [-0.25, -0.2) is 4.39 Å². The summed E-state index contributed by atoms with van der Waals surface area (Å²) in [5, 5.41) is 3.11. The summed E-state index contributed by atoms with van der Waals surface area (Å²) in [5.41, 5.74) is 0.849. The molecule has 0 fully saturated rings. The van der Waals surface area contributed by atoms with Gasteiger partial charge in [-0.2, -0.15) is 0 Å². The summed E-state index contributed by atoms with van der Waals surface area (Å²) in [4.78, 5) is 12.8. The number of hydrogen-bond donors (Lipinski definition) is 1. The molecule has 5 heteroatoms. The highest BCUT2D eigenvalue weighted by molar-refractivity contribution is 9.10. The van der Waals surface area contributed by atoms with Gasteiger partial charge in [0.25, 0.3) is 0 Å². The second kappa shape index (κ2) is 6.71. The maximum Gasteiger partial charge on any atom is 0.223 e. The van der Waals surface area contributed by atoms with Gasteiger partial charge in [-0.05, 0) is 27.6 Å². The van der Waals surface area contributed by atoms with Crippen molar-refractivity contribution in [2.45, 2.75) is 13.0 Å². The highest BCUT2D eigenvalue weighted by Gasteiger charge is 2.06. The van der Waals surface area contributed by atoms with Gasteiger partial charge in [0, 0.05) is 33.6 Å². The van der Waals surface area contributed by atoms with E-state index in [1.807, 2.05) is 6.07 Å². The largest absolute Gasteiger partial charge is 0.349 e. The number of nitrogens with one attached hydrogen (secondary N) is 1. The Morgan fingerprint density at radius 1 is 1.47 bits per heavy atom. The maximum atomic E-state index is 13.2. The summed E-state index contributed by atoms with van der Waals surface area (Å²) in [6, 6.07) is 4.92. The van der Waals surface area contributed by atoms with Crippen molar-refractivity contribution in [3.8, 4) is 0 Å². The van der Waals surface area contributed by atoms with E-state index in [-0.39, 0.29) is 11.7 Å². The van der Waals surface area contributed by atoms with Crippen LogP contribution in [0.3, 0.4) is 0 Å². The standard InChI is InChI=1S/C12H16BrFN2O/c1-16(2)11(17)6-7-15-8-9-4-3-5-10(14)12(9)13/h3-5,15H,6-8H2,1-2H3. The zero-order valence-corrected chi connectivity index (χ0v) is 11.6. The molecule has 0 heterocycles. The molecule has 17 heavy (non-hydrogen) atoms. The molecule has 0 aromatic heterocycles. The van der Waals surface area contributed by atoms with Gasteiger partial charge in [-0.3, -0.25) is 4.79 Å². The average molecular weight is 303 g/mol. The normalized spacial score (nSPS) is 10.4. The van der Waals surface area contributed by atoms with Gasteiger partial charge >= 0.3 is 0 Å². The molecule has 1 aromatic rings. The number of hydrogen-bond acceptors (Lipinski definition) is 2. The topological polar surface area (TPSA) is 32.3 Å². The van der Waals surface area contributed by atoms with Gasteiger partial charge in [0.05, 0.1) is 4.47 Å². The van der Waals surface area contributed by atoms with Crippen molar-refractivity contribution in [2.24, 2.45) is 0 Å². The van der Waals surface area contributed by atoms with E-state index in [2.05, 4.69) is 21.2 Å². The second-order valence-corrected chi connectivity index (χ2v) is 4.72. The molecule has 0 saturated carbocycles. The van der Waals surface area contributed by atoms with Gasteiger partial charge < -0.3 is 10.2 Å². The molecular formula is C12H16BrFN2O. The molecule has 3 nitrogen and oxygen atoms in total. The first-order valence-corrected chi connectivity index (χ1v) is 6.15. The lowest BCUT2D eigenvalue weighted by Gasteiger charge is -2.11. The van der Waals surface area contributed by atoms with Gasteiger partial charge in [0.15, 0.2) is 0 Å². The highest BCUT2D eigenvalue weighted by atomic mass is 79.9. The predicted octanol–water partition coefficient (Wildman–Crippen LogP) is 2.16. The minimum atomic E-state index is -0.270. The molecule has 0 bridgehead atoms. The third-order valence-corrected chi connectivity index (χ3v) is 3.25. The number of rotatable bonds is 5. The van der Waals surface area contributed by atoms with Crippen molar-refractivity contribution >= 4 is 21.8 Å². The third-order valence-electron chi connectivity index (χ3n) is 2.36. The van der Waals surface area contributed by atoms with Crippen LogP contribution in [0.1, 0.15) is 12.0 Å². The van der Waals surface area contributed by atoms with E-state index < -0.39 is 0 Å². The molecule has 0 aliphatic rings. The van der Waals surface area contributed by atoms with Gasteiger partial charge in [-0.1, -0.05) is 12.1 Å². The monoisotopic (exact) mass is 302 g/mol. The zero-order chi connectivity index (χ0) is 12.8. The van der Waals surface area contributed by atoms with Crippen molar-refractivity contribution in [3.63, 3.8) is 0 Å². The van der Waals surface area contributed by atoms with Crippen LogP contribution in [0.15, 0.2) is 22.7 Å². The molecule has 0 radical (unpaired) electrons. The van der Waals surface area contributed by atoms with Crippen molar-refractivity contribution < 1.29 is 9.18 Å². The molecule has 1 rings (SSSR count). The molecule has 0 atom stereocenters. The summed E-state index contributed by atoms with van der Waals surface area (Å²) in [6.45, 7) is 1.12. The van der Waals surface area contributed by atoms with Gasteiger partial charge in [0.2, 0.25) is 5.91 Å². The number of nitrogens with zero attached hydrogens (tertiary/aromatic N) is 1. The minimum Gasteiger partial charge on any atom is -0.349 e. The maximum absolute atomic E-state index is 13.2. The van der Waals surface area contributed by atoms with E-state index in [4.69, 9.17) is 0 Å². The zero-order valence-electron chi connectivity index (χ0n) is 9.96. The Bertz CT molecular complexity index is 396. The van der Waals surface area contributed by atoms with Gasteiger partial charge in [-0.15, -0.1) is 0 Å². The third kappa shape index (κ3) is 4.44. The van der Waals surface area contributed by atoms with E-state index in [9.17, 15) is 9.18 Å². The van der Waals surface area contributed by atoms with E-state index >= 15 is 0 Å².